The number of ether oxygens (including phenoxy) is 2. The molecule has 2 heterocycles. The highest BCUT2D eigenvalue weighted by Gasteiger charge is 2.38. The van der Waals surface area contributed by atoms with Crippen LogP contribution in [-0.4, -0.2) is 49.5 Å². The van der Waals surface area contributed by atoms with E-state index in [1.54, 1.807) is 0 Å². The van der Waals surface area contributed by atoms with Crippen molar-refractivity contribution in [2.24, 2.45) is 0 Å². The van der Waals surface area contributed by atoms with Crippen molar-refractivity contribution in [3.63, 3.8) is 0 Å². The minimum Gasteiger partial charge on any atom is -0.380 e. The third kappa shape index (κ3) is 5.25. The van der Waals surface area contributed by atoms with Crippen LogP contribution in [0, 0.1) is 0 Å². The second-order valence-corrected chi connectivity index (χ2v) is 6.98. The summed E-state index contributed by atoms with van der Waals surface area (Å²) in [6.45, 7) is 5.87. The molecule has 0 saturated carbocycles. The van der Waals surface area contributed by atoms with Crippen molar-refractivity contribution in [2.75, 3.05) is 37.9 Å². The van der Waals surface area contributed by atoms with Crippen molar-refractivity contribution in [1.82, 2.24) is 5.32 Å². The average molecular weight is 287 g/mol. The summed E-state index contributed by atoms with van der Waals surface area (Å²) in [4.78, 5) is 0. The zero-order valence-electron chi connectivity index (χ0n) is 12.3. The Bertz CT molecular complexity index is 239. The Morgan fingerprint density at radius 1 is 1.32 bits per heavy atom. The molecule has 2 saturated heterocycles. The van der Waals surface area contributed by atoms with Crippen LogP contribution in [0.5, 0.6) is 0 Å². The number of hydrogen-bond donors (Lipinski definition) is 1. The van der Waals surface area contributed by atoms with Gasteiger partial charge in [0.15, 0.2) is 0 Å². The highest BCUT2D eigenvalue weighted by atomic mass is 32.2. The molecule has 3 nitrogen and oxygen atoms in total. The highest BCUT2D eigenvalue weighted by Crippen LogP contribution is 2.37. The average Bonchev–Trinajstić information content (AvgIpc) is 2.44. The Balaban J connectivity index is 1.61. The van der Waals surface area contributed by atoms with Crippen LogP contribution in [0.4, 0.5) is 0 Å². The molecular formula is C15H29NO2S. The molecule has 2 fully saturated rings. The standard InChI is InChI=1S/C15H29NO2S/c1-2-3-8-17-10-7-16-14-4-9-18-15(13-14)5-11-19-12-6-15/h14,16H,2-13H2,1H3. The first-order chi connectivity index (χ1) is 9.35. The lowest BCUT2D eigenvalue weighted by molar-refractivity contribution is -0.0935. The molecule has 0 bridgehead atoms. The van der Waals surface area contributed by atoms with Gasteiger partial charge in [-0.1, -0.05) is 13.3 Å². The van der Waals surface area contributed by atoms with Crippen molar-refractivity contribution in [2.45, 2.75) is 57.1 Å². The van der Waals surface area contributed by atoms with Gasteiger partial charge in [-0.3, -0.25) is 0 Å². The molecule has 2 aliphatic rings. The number of hydrogen-bond acceptors (Lipinski definition) is 4. The first-order valence-electron chi connectivity index (χ1n) is 7.87. The predicted octanol–water partition coefficient (Wildman–Crippen LogP) is 2.84. The van der Waals surface area contributed by atoms with Crippen LogP contribution >= 0.6 is 11.8 Å². The summed E-state index contributed by atoms with van der Waals surface area (Å²) in [5, 5.41) is 3.66. The molecule has 1 unspecified atom stereocenters. The van der Waals surface area contributed by atoms with Gasteiger partial charge in [0.05, 0.1) is 12.2 Å². The number of thioether (sulfide) groups is 1. The summed E-state index contributed by atoms with van der Waals surface area (Å²) in [6, 6.07) is 0.631. The smallest absolute Gasteiger partial charge is 0.0713 e. The van der Waals surface area contributed by atoms with Gasteiger partial charge in [-0.15, -0.1) is 0 Å². The Morgan fingerprint density at radius 2 is 2.16 bits per heavy atom. The molecule has 4 heteroatoms. The van der Waals surface area contributed by atoms with E-state index in [4.69, 9.17) is 9.47 Å². The fourth-order valence-corrected chi connectivity index (χ4v) is 4.21. The van der Waals surface area contributed by atoms with Gasteiger partial charge in [-0.2, -0.15) is 11.8 Å². The van der Waals surface area contributed by atoms with Crippen LogP contribution in [0.15, 0.2) is 0 Å². The molecule has 0 aliphatic carbocycles. The molecule has 0 amide bonds. The molecular weight excluding hydrogens is 258 g/mol. The van der Waals surface area contributed by atoms with E-state index in [0.29, 0.717) is 6.04 Å². The van der Waals surface area contributed by atoms with Gasteiger partial charge in [-0.25, -0.2) is 0 Å². The molecule has 0 aromatic heterocycles. The zero-order chi connectivity index (χ0) is 13.4. The maximum absolute atomic E-state index is 6.11. The maximum atomic E-state index is 6.11. The van der Waals surface area contributed by atoms with Gasteiger partial charge < -0.3 is 14.8 Å². The van der Waals surface area contributed by atoms with E-state index in [9.17, 15) is 0 Å². The van der Waals surface area contributed by atoms with Crippen molar-refractivity contribution in [3.8, 4) is 0 Å². The van der Waals surface area contributed by atoms with Crippen molar-refractivity contribution in [1.29, 1.82) is 0 Å². The van der Waals surface area contributed by atoms with E-state index in [2.05, 4.69) is 24.0 Å². The molecule has 1 N–H and O–H groups in total. The second-order valence-electron chi connectivity index (χ2n) is 5.75. The second kappa shape index (κ2) is 8.50. The topological polar surface area (TPSA) is 30.5 Å². The van der Waals surface area contributed by atoms with E-state index in [1.165, 1.54) is 43.6 Å². The van der Waals surface area contributed by atoms with Gasteiger partial charge in [0, 0.05) is 25.8 Å². The van der Waals surface area contributed by atoms with Crippen LogP contribution in [0.1, 0.15) is 45.4 Å². The molecule has 0 aromatic rings. The van der Waals surface area contributed by atoms with Gasteiger partial charge >= 0.3 is 0 Å². The molecule has 2 aliphatic heterocycles. The molecule has 112 valence electrons. The third-order valence-electron chi connectivity index (χ3n) is 4.22. The summed E-state index contributed by atoms with van der Waals surface area (Å²) < 4.78 is 11.7. The minimum atomic E-state index is 0.199. The number of rotatable bonds is 7. The van der Waals surface area contributed by atoms with E-state index in [0.717, 1.165) is 32.8 Å². The predicted molar refractivity (Wildman–Crippen MR) is 82.0 cm³/mol. The summed E-state index contributed by atoms with van der Waals surface area (Å²) in [5.74, 6) is 2.54. The van der Waals surface area contributed by atoms with Crippen LogP contribution in [0.2, 0.25) is 0 Å². The fourth-order valence-electron chi connectivity index (χ4n) is 2.98. The van der Waals surface area contributed by atoms with Crippen LogP contribution in [0.3, 0.4) is 0 Å². The number of unbranched alkanes of at least 4 members (excludes halogenated alkanes) is 1. The Hall–Kier alpha value is 0.230. The van der Waals surface area contributed by atoms with Crippen LogP contribution in [-0.2, 0) is 9.47 Å². The largest absolute Gasteiger partial charge is 0.380 e. The van der Waals surface area contributed by atoms with Crippen LogP contribution in [0.25, 0.3) is 0 Å². The quantitative estimate of drug-likeness (QED) is 0.729. The SMILES string of the molecule is CCCCOCCNC1CCOC2(CCSCC2)C1. The van der Waals surface area contributed by atoms with E-state index < -0.39 is 0 Å². The van der Waals surface area contributed by atoms with Gasteiger partial charge in [0.1, 0.15) is 0 Å². The maximum Gasteiger partial charge on any atom is 0.0713 e. The normalized spacial score (nSPS) is 26.7. The Morgan fingerprint density at radius 3 is 2.95 bits per heavy atom. The van der Waals surface area contributed by atoms with E-state index in [-0.39, 0.29) is 5.60 Å². The van der Waals surface area contributed by atoms with E-state index >= 15 is 0 Å². The fraction of sp³-hybridized carbons (Fsp3) is 1.00. The summed E-state index contributed by atoms with van der Waals surface area (Å²) >= 11 is 2.07. The summed E-state index contributed by atoms with van der Waals surface area (Å²) in [5.41, 5.74) is 0.199. The van der Waals surface area contributed by atoms with Crippen molar-refractivity contribution < 1.29 is 9.47 Å². The minimum absolute atomic E-state index is 0.199. The zero-order valence-corrected chi connectivity index (χ0v) is 13.1. The first kappa shape index (κ1) is 15.6. The lowest BCUT2D eigenvalue weighted by Gasteiger charge is -2.43. The van der Waals surface area contributed by atoms with Gasteiger partial charge in [-0.05, 0) is 43.6 Å². The molecule has 1 spiro atoms. The van der Waals surface area contributed by atoms with Crippen molar-refractivity contribution in [3.05, 3.63) is 0 Å². The van der Waals surface area contributed by atoms with Crippen LogP contribution < -0.4 is 5.32 Å². The molecule has 1 atom stereocenters. The lowest BCUT2D eigenvalue weighted by Crippen LogP contribution is -2.49. The van der Waals surface area contributed by atoms with E-state index in [1.807, 2.05) is 0 Å². The molecule has 0 radical (unpaired) electrons. The monoisotopic (exact) mass is 287 g/mol. The molecule has 2 rings (SSSR count). The highest BCUT2D eigenvalue weighted by molar-refractivity contribution is 7.99. The first-order valence-corrected chi connectivity index (χ1v) is 9.03. The third-order valence-corrected chi connectivity index (χ3v) is 5.20. The van der Waals surface area contributed by atoms with Gasteiger partial charge in [0.25, 0.3) is 0 Å². The Labute approximate surface area is 122 Å². The molecule has 19 heavy (non-hydrogen) atoms. The lowest BCUT2D eigenvalue weighted by atomic mass is 9.85. The van der Waals surface area contributed by atoms with Crippen molar-refractivity contribution >= 4 is 11.8 Å². The molecule has 0 aromatic carbocycles. The van der Waals surface area contributed by atoms with Gasteiger partial charge in [0.2, 0.25) is 0 Å². The number of nitrogens with one attached hydrogen (secondary N) is 1. The summed E-state index contributed by atoms with van der Waals surface area (Å²) in [7, 11) is 0. The Kier molecular flexibility index (Phi) is 6.99. The summed E-state index contributed by atoms with van der Waals surface area (Å²) in [6.07, 6.45) is 7.23.